The van der Waals surface area contributed by atoms with Crippen LogP contribution in [0.3, 0.4) is 0 Å². The smallest absolute Gasteiger partial charge is 0.257 e. The van der Waals surface area contributed by atoms with Crippen LogP contribution < -0.4 is 19.9 Å². The number of ether oxygens (including phenoxy) is 3. The number of hydrogen-bond acceptors (Lipinski definition) is 5. The topological polar surface area (TPSA) is 74.0 Å². The molecule has 0 bridgehead atoms. The number of nitrogens with two attached hydrogens (primary N) is 1. The molecule has 2 N–H and O–H groups in total. The largest absolute Gasteiger partial charge is 0.496 e. The van der Waals surface area contributed by atoms with Gasteiger partial charge in [0.15, 0.2) is 11.5 Å². The van der Waals surface area contributed by atoms with E-state index in [0.717, 1.165) is 6.42 Å². The second-order valence-corrected chi connectivity index (χ2v) is 4.71. The zero-order valence-electron chi connectivity index (χ0n) is 12.4. The van der Waals surface area contributed by atoms with Gasteiger partial charge in [-0.2, -0.15) is 0 Å². The Kier molecular flexibility index (Phi) is 6.11. The number of nitrogens with zero attached hydrogens (tertiary/aromatic N) is 1. The van der Waals surface area contributed by atoms with Crippen molar-refractivity contribution in [1.29, 1.82) is 0 Å². The molecule has 21 heavy (non-hydrogen) atoms. The first kappa shape index (κ1) is 17.4. The quantitative estimate of drug-likeness (QED) is 0.906. The first-order valence-corrected chi connectivity index (χ1v) is 6.45. The molecule has 1 aromatic carbocycles. The van der Waals surface area contributed by atoms with Crippen molar-refractivity contribution in [1.82, 2.24) is 4.90 Å². The van der Waals surface area contributed by atoms with Crippen molar-refractivity contribution in [3.63, 3.8) is 0 Å². The highest BCUT2D eigenvalue weighted by molar-refractivity contribution is 5.98. The SMILES string of the molecule is COc1cc(OC)c(C(=O)N2CC[C@H](N)C2)cc1OC.Cl. The van der Waals surface area contributed by atoms with E-state index >= 15 is 0 Å². The van der Waals surface area contributed by atoms with Crippen molar-refractivity contribution in [2.75, 3.05) is 34.4 Å². The predicted octanol–water partition coefficient (Wildman–Crippen LogP) is 1.31. The summed E-state index contributed by atoms with van der Waals surface area (Å²) in [5.74, 6) is 1.39. The van der Waals surface area contributed by atoms with Crippen molar-refractivity contribution < 1.29 is 19.0 Å². The molecular weight excluding hydrogens is 296 g/mol. The number of rotatable bonds is 4. The lowest BCUT2D eigenvalue weighted by Gasteiger charge is -2.19. The van der Waals surface area contributed by atoms with Gasteiger partial charge in [-0.15, -0.1) is 12.4 Å². The van der Waals surface area contributed by atoms with E-state index in [1.807, 2.05) is 0 Å². The monoisotopic (exact) mass is 316 g/mol. The molecule has 0 spiro atoms. The van der Waals surface area contributed by atoms with Crippen LogP contribution in [0.4, 0.5) is 0 Å². The third-order valence-electron chi connectivity index (χ3n) is 3.45. The fourth-order valence-corrected chi connectivity index (χ4v) is 2.34. The van der Waals surface area contributed by atoms with Crippen molar-refractivity contribution >= 4 is 18.3 Å². The summed E-state index contributed by atoms with van der Waals surface area (Å²) in [6.45, 7) is 1.23. The highest BCUT2D eigenvalue weighted by atomic mass is 35.5. The van der Waals surface area contributed by atoms with Crippen LogP contribution in [0, 0.1) is 0 Å². The number of carbonyl (C=O) groups excluding carboxylic acids is 1. The van der Waals surface area contributed by atoms with Gasteiger partial charge in [0.1, 0.15) is 5.75 Å². The second-order valence-electron chi connectivity index (χ2n) is 4.71. The zero-order chi connectivity index (χ0) is 14.7. The third kappa shape index (κ3) is 3.51. The van der Waals surface area contributed by atoms with E-state index in [0.29, 0.717) is 35.9 Å². The van der Waals surface area contributed by atoms with E-state index in [1.165, 1.54) is 21.3 Å². The van der Waals surface area contributed by atoms with Crippen LogP contribution in [-0.4, -0.2) is 51.3 Å². The number of methoxy groups -OCH3 is 3. The lowest BCUT2D eigenvalue weighted by atomic mass is 10.1. The number of hydrogen-bond donors (Lipinski definition) is 1. The highest BCUT2D eigenvalue weighted by Gasteiger charge is 2.27. The Labute approximate surface area is 130 Å². The van der Waals surface area contributed by atoms with Crippen molar-refractivity contribution in [2.45, 2.75) is 12.5 Å². The summed E-state index contributed by atoms with van der Waals surface area (Å²) < 4.78 is 15.7. The molecule has 1 fully saturated rings. The molecule has 1 amide bonds. The van der Waals surface area contributed by atoms with Gasteiger partial charge in [-0.05, 0) is 6.42 Å². The average Bonchev–Trinajstić information content (AvgIpc) is 2.91. The van der Waals surface area contributed by atoms with Crippen molar-refractivity contribution in [2.24, 2.45) is 5.73 Å². The fraction of sp³-hybridized carbons (Fsp3) is 0.500. The molecule has 6 nitrogen and oxygen atoms in total. The minimum Gasteiger partial charge on any atom is -0.496 e. The molecule has 0 saturated carbocycles. The van der Waals surface area contributed by atoms with Gasteiger partial charge >= 0.3 is 0 Å². The Morgan fingerprint density at radius 3 is 2.19 bits per heavy atom. The first-order chi connectivity index (χ1) is 9.60. The van der Waals surface area contributed by atoms with E-state index in [4.69, 9.17) is 19.9 Å². The predicted molar refractivity (Wildman–Crippen MR) is 81.8 cm³/mol. The van der Waals surface area contributed by atoms with Crippen LogP contribution in [-0.2, 0) is 0 Å². The second kappa shape index (κ2) is 7.38. The Bertz CT molecular complexity index is 510. The van der Waals surface area contributed by atoms with Crippen LogP contribution in [0.5, 0.6) is 17.2 Å². The number of likely N-dealkylation sites (tertiary alicyclic amines) is 1. The summed E-state index contributed by atoms with van der Waals surface area (Å²) in [5, 5.41) is 0. The van der Waals surface area contributed by atoms with E-state index in [-0.39, 0.29) is 24.4 Å². The van der Waals surface area contributed by atoms with Crippen LogP contribution >= 0.6 is 12.4 Å². The third-order valence-corrected chi connectivity index (χ3v) is 3.45. The maximum Gasteiger partial charge on any atom is 0.257 e. The van der Waals surface area contributed by atoms with Crippen LogP contribution in [0.2, 0.25) is 0 Å². The highest BCUT2D eigenvalue weighted by Crippen LogP contribution is 2.35. The molecule has 1 aromatic rings. The Morgan fingerprint density at radius 1 is 1.14 bits per heavy atom. The first-order valence-electron chi connectivity index (χ1n) is 6.45. The fourth-order valence-electron chi connectivity index (χ4n) is 2.34. The lowest BCUT2D eigenvalue weighted by Crippen LogP contribution is -2.32. The van der Waals surface area contributed by atoms with Gasteiger partial charge in [0.25, 0.3) is 5.91 Å². The van der Waals surface area contributed by atoms with Crippen molar-refractivity contribution in [3.05, 3.63) is 17.7 Å². The van der Waals surface area contributed by atoms with Gasteiger partial charge in [-0.25, -0.2) is 0 Å². The number of halogens is 1. The summed E-state index contributed by atoms with van der Waals surface area (Å²) in [6, 6.07) is 3.34. The molecule has 1 atom stereocenters. The number of carbonyl (C=O) groups is 1. The van der Waals surface area contributed by atoms with Gasteiger partial charge in [0, 0.05) is 31.3 Å². The standard InChI is InChI=1S/C14H20N2O4.ClH/c1-18-11-7-13(20-3)12(19-2)6-10(11)14(17)16-5-4-9(15)8-16;/h6-7,9H,4-5,8,15H2,1-3H3;1H/t9-;/m0./s1. The summed E-state index contributed by atoms with van der Waals surface area (Å²) in [6.07, 6.45) is 0.821. The number of benzene rings is 1. The molecule has 7 heteroatoms. The van der Waals surface area contributed by atoms with E-state index in [1.54, 1.807) is 17.0 Å². The van der Waals surface area contributed by atoms with E-state index in [2.05, 4.69) is 0 Å². The average molecular weight is 317 g/mol. The van der Waals surface area contributed by atoms with Crippen LogP contribution in [0.25, 0.3) is 0 Å². The maximum atomic E-state index is 12.5. The van der Waals surface area contributed by atoms with Crippen LogP contribution in [0.1, 0.15) is 16.8 Å². The summed E-state index contributed by atoms with van der Waals surface area (Å²) in [4.78, 5) is 14.3. The molecule has 0 aliphatic carbocycles. The summed E-state index contributed by atoms with van der Waals surface area (Å²) in [7, 11) is 4.59. The zero-order valence-corrected chi connectivity index (χ0v) is 13.2. The molecule has 2 rings (SSSR count). The molecule has 0 aromatic heterocycles. The Hall–Kier alpha value is -1.66. The Balaban J connectivity index is 0.00000220. The van der Waals surface area contributed by atoms with Gasteiger partial charge in [-0.1, -0.05) is 0 Å². The van der Waals surface area contributed by atoms with Gasteiger partial charge in [-0.3, -0.25) is 4.79 Å². The van der Waals surface area contributed by atoms with E-state index < -0.39 is 0 Å². The summed E-state index contributed by atoms with van der Waals surface area (Å²) in [5.41, 5.74) is 6.30. The molecular formula is C14H21ClN2O4. The normalized spacial score (nSPS) is 17.1. The summed E-state index contributed by atoms with van der Waals surface area (Å²) >= 11 is 0. The van der Waals surface area contributed by atoms with Crippen LogP contribution in [0.15, 0.2) is 12.1 Å². The Morgan fingerprint density at radius 2 is 1.71 bits per heavy atom. The maximum absolute atomic E-state index is 12.5. The molecule has 118 valence electrons. The van der Waals surface area contributed by atoms with Gasteiger partial charge in [0.2, 0.25) is 0 Å². The van der Waals surface area contributed by atoms with E-state index in [9.17, 15) is 4.79 Å². The van der Waals surface area contributed by atoms with Gasteiger partial charge in [0.05, 0.1) is 26.9 Å². The molecule has 0 radical (unpaired) electrons. The molecule has 1 heterocycles. The molecule has 1 aliphatic rings. The minimum absolute atomic E-state index is 0. The number of amides is 1. The lowest BCUT2D eigenvalue weighted by molar-refractivity contribution is 0.0787. The van der Waals surface area contributed by atoms with Crippen molar-refractivity contribution in [3.8, 4) is 17.2 Å². The molecule has 0 unspecified atom stereocenters. The minimum atomic E-state index is -0.101. The molecule has 1 saturated heterocycles. The molecule has 1 aliphatic heterocycles. The van der Waals surface area contributed by atoms with Gasteiger partial charge < -0.3 is 24.8 Å².